The number of hydrogen-bond acceptors (Lipinski definition) is 6. The van der Waals surface area contributed by atoms with Crippen LogP contribution in [-0.2, 0) is 0 Å². The van der Waals surface area contributed by atoms with E-state index >= 15 is 0 Å². The topological polar surface area (TPSA) is 125 Å². The van der Waals surface area contributed by atoms with E-state index in [0.717, 1.165) is 0 Å². The van der Waals surface area contributed by atoms with Crippen LogP contribution in [0, 0.1) is 0 Å². The van der Waals surface area contributed by atoms with E-state index in [9.17, 15) is 15.0 Å². The Balaban J connectivity index is 3.26. The van der Waals surface area contributed by atoms with E-state index in [1.807, 2.05) is 0 Å². The Hall–Kier alpha value is -2.28. The first-order valence-electron chi connectivity index (χ1n) is 5.67. The Kier molecular flexibility index (Phi) is 5.79. The molecule has 1 aromatic carbocycles. The van der Waals surface area contributed by atoms with Gasteiger partial charge in [0, 0.05) is 16.0 Å². The molecule has 1 aromatic rings. The predicted octanol–water partition coefficient (Wildman–Crippen LogP) is 1.22. The summed E-state index contributed by atoms with van der Waals surface area (Å²) in [5.41, 5.74) is 8.64. The Morgan fingerprint density at radius 2 is 2.10 bits per heavy atom. The summed E-state index contributed by atoms with van der Waals surface area (Å²) in [6.07, 6.45) is -2.13. The minimum atomic E-state index is -1.38. The number of aldehydes is 1. The SMILES string of the molecule is COc1cc(C=O)cc(C(O)C(O)CN=[N+]=[N-])c1OC. The van der Waals surface area contributed by atoms with Gasteiger partial charge in [-0.1, -0.05) is 5.11 Å². The van der Waals surface area contributed by atoms with E-state index in [0.29, 0.717) is 6.29 Å². The van der Waals surface area contributed by atoms with Crippen LogP contribution in [0.4, 0.5) is 0 Å². The Labute approximate surface area is 115 Å². The number of rotatable bonds is 7. The number of aliphatic hydroxyl groups excluding tert-OH is 2. The van der Waals surface area contributed by atoms with E-state index in [-0.39, 0.29) is 29.2 Å². The molecular formula is C12H15N3O5. The fraction of sp³-hybridized carbons (Fsp3) is 0.417. The van der Waals surface area contributed by atoms with Crippen LogP contribution in [0.3, 0.4) is 0 Å². The molecule has 2 unspecified atom stereocenters. The van der Waals surface area contributed by atoms with Crippen LogP contribution in [-0.4, -0.2) is 43.4 Å². The molecule has 108 valence electrons. The molecule has 8 nitrogen and oxygen atoms in total. The largest absolute Gasteiger partial charge is 0.493 e. The fourth-order valence-electron chi connectivity index (χ4n) is 1.73. The Morgan fingerprint density at radius 1 is 1.40 bits per heavy atom. The number of methoxy groups -OCH3 is 2. The number of hydrogen-bond donors (Lipinski definition) is 2. The number of carbonyl (C=O) groups is 1. The van der Waals surface area contributed by atoms with Gasteiger partial charge in [-0.3, -0.25) is 4.79 Å². The summed E-state index contributed by atoms with van der Waals surface area (Å²) in [6.45, 7) is -0.311. The first-order chi connectivity index (χ1) is 9.58. The van der Waals surface area contributed by atoms with E-state index in [1.165, 1.54) is 26.4 Å². The standard InChI is InChI=1S/C12H15N3O5/c1-19-10-4-7(6-16)3-8(12(10)20-2)11(18)9(17)5-14-15-13/h3-4,6,9,11,17-18H,5H2,1-2H3. The second-order valence-electron chi connectivity index (χ2n) is 3.89. The quantitative estimate of drug-likeness (QED) is 0.336. The third-order valence-corrected chi connectivity index (χ3v) is 2.68. The summed E-state index contributed by atoms with van der Waals surface area (Å²) < 4.78 is 10.2. The van der Waals surface area contributed by atoms with Gasteiger partial charge >= 0.3 is 0 Å². The van der Waals surface area contributed by atoms with Crippen molar-refractivity contribution in [3.05, 3.63) is 33.7 Å². The van der Waals surface area contributed by atoms with Crippen LogP contribution in [0.1, 0.15) is 22.0 Å². The number of nitrogens with zero attached hydrogens (tertiary/aromatic N) is 3. The second kappa shape index (κ2) is 7.34. The van der Waals surface area contributed by atoms with Crippen LogP contribution < -0.4 is 9.47 Å². The molecule has 2 N–H and O–H groups in total. The fourth-order valence-corrected chi connectivity index (χ4v) is 1.73. The maximum absolute atomic E-state index is 10.9. The predicted molar refractivity (Wildman–Crippen MR) is 69.9 cm³/mol. The van der Waals surface area contributed by atoms with Crippen molar-refractivity contribution in [1.82, 2.24) is 0 Å². The second-order valence-corrected chi connectivity index (χ2v) is 3.89. The molecule has 8 heteroatoms. The van der Waals surface area contributed by atoms with Crippen LogP contribution in [0.5, 0.6) is 11.5 Å². The third-order valence-electron chi connectivity index (χ3n) is 2.68. The number of azide groups is 1. The van der Waals surface area contributed by atoms with E-state index in [2.05, 4.69) is 10.0 Å². The minimum Gasteiger partial charge on any atom is -0.493 e. The molecule has 20 heavy (non-hydrogen) atoms. The molecule has 0 aliphatic rings. The van der Waals surface area contributed by atoms with Crippen LogP contribution >= 0.6 is 0 Å². The van der Waals surface area contributed by atoms with Crippen molar-refractivity contribution < 1.29 is 24.5 Å². The molecule has 0 saturated heterocycles. The first kappa shape index (κ1) is 15.8. The highest BCUT2D eigenvalue weighted by molar-refractivity contribution is 5.77. The van der Waals surface area contributed by atoms with Crippen molar-refractivity contribution >= 4 is 6.29 Å². The zero-order chi connectivity index (χ0) is 15.1. The molecule has 2 atom stereocenters. The van der Waals surface area contributed by atoms with Gasteiger partial charge in [-0.15, -0.1) is 0 Å². The number of aliphatic hydroxyl groups is 2. The monoisotopic (exact) mass is 281 g/mol. The highest BCUT2D eigenvalue weighted by atomic mass is 16.5. The lowest BCUT2D eigenvalue weighted by Gasteiger charge is -2.20. The number of carbonyl (C=O) groups excluding carboxylic acids is 1. The average molecular weight is 281 g/mol. The maximum Gasteiger partial charge on any atom is 0.166 e. The van der Waals surface area contributed by atoms with Crippen molar-refractivity contribution in [3.63, 3.8) is 0 Å². The molecule has 0 aliphatic heterocycles. The van der Waals surface area contributed by atoms with Crippen molar-refractivity contribution in [1.29, 1.82) is 0 Å². The van der Waals surface area contributed by atoms with Gasteiger partial charge in [0.2, 0.25) is 0 Å². The molecule has 0 radical (unpaired) electrons. The average Bonchev–Trinajstić information content (AvgIpc) is 2.49. The number of benzene rings is 1. The Bertz CT molecular complexity index is 528. The van der Waals surface area contributed by atoms with Crippen LogP contribution in [0.15, 0.2) is 17.2 Å². The summed E-state index contributed by atoms with van der Waals surface area (Å²) in [5, 5.41) is 23.0. The Morgan fingerprint density at radius 3 is 2.60 bits per heavy atom. The van der Waals surface area contributed by atoms with Gasteiger partial charge in [0.1, 0.15) is 12.4 Å². The summed E-state index contributed by atoms with van der Waals surface area (Å²) in [7, 11) is 2.76. The van der Waals surface area contributed by atoms with Crippen molar-refractivity contribution in [2.75, 3.05) is 20.8 Å². The molecule has 0 aliphatic carbocycles. The van der Waals surface area contributed by atoms with Gasteiger partial charge in [-0.25, -0.2) is 0 Å². The maximum atomic E-state index is 10.9. The van der Waals surface area contributed by atoms with Gasteiger partial charge in [0.15, 0.2) is 11.5 Å². The molecule has 0 saturated carbocycles. The van der Waals surface area contributed by atoms with Crippen molar-refractivity contribution in [2.45, 2.75) is 12.2 Å². The third kappa shape index (κ3) is 3.39. The van der Waals surface area contributed by atoms with Crippen molar-refractivity contribution in [2.24, 2.45) is 5.11 Å². The molecule has 0 bridgehead atoms. The molecular weight excluding hydrogens is 266 g/mol. The highest BCUT2D eigenvalue weighted by Crippen LogP contribution is 2.37. The van der Waals surface area contributed by atoms with Gasteiger partial charge in [0.25, 0.3) is 0 Å². The normalized spacial score (nSPS) is 13.0. The van der Waals surface area contributed by atoms with Gasteiger partial charge in [-0.05, 0) is 17.7 Å². The van der Waals surface area contributed by atoms with E-state index < -0.39 is 12.2 Å². The zero-order valence-electron chi connectivity index (χ0n) is 11.1. The molecule has 0 aromatic heterocycles. The lowest BCUT2D eigenvalue weighted by molar-refractivity contribution is 0.0228. The smallest absolute Gasteiger partial charge is 0.166 e. The summed E-state index contributed by atoms with van der Waals surface area (Å²) in [4.78, 5) is 13.4. The molecule has 0 spiro atoms. The molecule has 1 rings (SSSR count). The van der Waals surface area contributed by atoms with Gasteiger partial charge in [0.05, 0.1) is 26.9 Å². The van der Waals surface area contributed by atoms with E-state index in [1.54, 1.807) is 0 Å². The summed E-state index contributed by atoms with van der Waals surface area (Å²) in [5.74, 6) is 0.452. The molecule has 0 amide bonds. The van der Waals surface area contributed by atoms with Gasteiger partial charge < -0.3 is 19.7 Å². The highest BCUT2D eigenvalue weighted by Gasteiger charge is 2.24. The van der Waals surface area contributed by atoms with Gasteiger partial charge in [-0.2, -0.15) is 0 Å². The lowest BCUT2D eigenvalue weighted by Crippen LogP contribution is -2.22. The van der Waals surface area contributed by atoms with E-state index in [4.69, 9.17) is 15.0 Å². The summed E-state index contributed by atoms with van der Waals surface area (Å²) in [6, 6.07) is 2.82. The minimum absolute atomic E-state index is 0.176. The molecule has 0 heterocycles. The summed E-state index contributed by atoms with van der Waals surface area (Å²) >= 11 is 0. The zero-order valence-corrected chi connectivity index (χ0v) is 11.1. The first-order valence-corrected chi connectivity index (χ1v) is 5.67. The molecule has 0 fully saturated rings. The van der Waals surface area contributed by atoms with Crippen molar-refractivity contribution in [3.8, 4) is 11.5 Å². The van der Waals surface area contributed by atoms with Crippen LogP contribution in [0.2, 0.25) is 0 Å². The lowest BCUT2D eigenvalue weighted by atomic mass is 10.00. The number of ether oxygens (including phenoxy) is 2. The van der Waals surface area contributed by atoms with Crippen LogP contribution in [0.25, 0.3) is 10.4 Å².